The highest BCUT2D eigenvalue weighted by atomic mass is 35.5. The SMILES string of the molecule is NNC(CCC1CCCCO1)c1cc(F)ccc1Cl. The molecule has 0 bridgehead atoms. The molecule has 1 aromatic carbocycles. The molecular formula is C14H20ClFN2O. The van der Waals surface area contributed by atoms with Crippen molar-refractivity contribution in [2.24, 2.45) is 5.84 Å². The number of nitrogens with two attached hydrogens (primary N) is 1. The summed E-state index contributed by atoms with van der Waals surface area (Å²) in [6, 6.07) is 4.21. The fourth-order valence-corrected chi connectivity index (χ4v) is 2.75. The van der Waals surface area contributed by atoms with E-state index in [1.165, 1.54) is 18.6 Å². The molecule has 5 heteroatoms. The van der Waals surface area contributed by atoms with E-state index >= 15 is 0 Å². The van der Waals surface area contributed by atoms with Gasteiger partial charge in [0.15, 0.2) is 0 Å². The second kappa shape index (κ2) is 7.20. The van der Waals surface area contributed by atoms with Crippen molar-refractivity contribution in [1.29, 1.82) is 0 Å². The average Bonchev–Trinajstić information content (AvgIpc) is 2.44. The average molecular weight is 287 g/mol. The Morgan fingerprint density at radius 3 is 3.00 bits per heavy atom. The Labute approximate surface area is 118 Å². The van der Waals surface area contributed by atoms with Crippen molar-refractivity contribution in [1.82, 2.24) is 5.43 Å². The first-order valence-electron chi connectivity index (χ1n) is 6.73. The molecule has 2 unspecified atom stereocenters. The fraction of sp³-hybridized carbons (Fsp3) is 0.571. The van der Waals surface area contributed by atoms with E-state index in [0.29, 0.717) is 10.6 Å². The third kappa shape index (κ3) is 4.14. The second-order valence-corrected chi connectivity index (χ2v) is 5.36. The maximum Gasteiger partial charge on any atom is 0.123 e. The summed E-state index contributed by atoms with van der Waals surface area (Å²) in [6.45, 7) is 0.839. The maximum atomic E-state index is 13.3. The Bertz CT molecular complexity index is 410. The number of hydrogen-bond donors (Lipinski definition) is 2. The van der Waals surface area contributed by atoms with Crippen LogP contribution in [0.25, 0.3) is 0 Å². The topological polar surface area (TPSA) is 47.3 Å². The molecule has 1 aliphatic rings. The number of ether oxygens (including phenoxy) is 1. The number of halogens is 2. The van der Waals surface area contributed by atoms with Crippen molar-refractivity contribution in [3.63, 3.8) is 0 Å². The highest BCUT2D eigenvalue weighted by Gasteiger charge is 2.19. The predicted octanol–water partition coefficient (Wildman–Crippen LogP) is 3.33. The zero-order valence-electron chi connectivity index (χ0n) is 10.9. The van der Waals surface area contributed by atoms with Crippen molar-refractivity contribution in [2.75, 3.05) is 6.61 Å². The Morgan fingerprint density at radius 1 is 1.47 bits per heavy atom. The molecular weight excluding hydrogens is 267 g/mol. The van der Waals surface area contributed by atoms with E-state index in [2.05, 4.69) is 5.43 Å². The minimum Gasteiger partial charge on any atom is -0.378 e. The van der Waals surface area contributed by atoms with Gasteiger partial charge in [-0.15, -0.1) is 0 Å². The molecule has 3 nitrogen and oxygen atoms in total. The number of hydrogen-bond acceptors (Lipinski definition) is 3. The van der Waals surface area contributed by atoms with Crippen molar-refractivity contribution in [2.45, 2.75) is 44.2 Å². The molecule has 2 rings (SSSR count). The van der Waals surface area contributed by atoms with Gasteiger partial charge in [-0.05, 0) is 55.9 Å². The number of benzene rings is 1. The van der Waals surface area contributed by atoms with Gasteiger partial charge in [0.25, 0.3) is 0 Å². The number of nitrogens with one attached hydrogen (secondary N) is 1. The van der Waals surface area contributed by atoms with Crippen LogP contribution in [0.1, 0.15) is 43.7 Å². The van der Waals surface area contributed by atoms with E-state index in [1.54, 1.807) is 6.07 Å². The van der Waals surface area contributed by atoms with E-state index in [0.717, 1.165) is 32.3 Å². The zero-order valence-corrected chi connectivity index (χ0v) is 11.6. The summed E-state index contributed by atoms with van der Waals surface area (Å²) in [5.74, 6) is 5.27. The van der Waals surface area contributed by atoms with E-state index in [4.69, 9.17) is 22.2 Å². The summed E-state index contributed by atoms with van der Waals surface area (Å²) in [6.07, 6.45) is 5.42. The highest BCUT2D eigenvalue weighted by Crippen LogP contribution is 2.28. The van der Waals surface area contributed by atoms with Gasteiger partial charge in [0.05, 0.1) is 6.10 Å². The van der Waals surface area contributed by atoms with Gasteiger partial charge in [-0.2, -0.15) is 0 Å². The summed E-state index contributed by atoms with van der Waals surface area (Å²) in [7, 11) is 0. The number of hydrazine groups is 1. The van der Waals surface area contributed by atoms with Crippen molar-refractivity contribution in [3.8, 4) is 0 Å². The van der Waals surface area contributed by atoms with Gasteiger partial charge >= 0.3 is 0 Å². The smallest absolute Gasteiger partial charge is 0.123 e. The molecule has 0 radical (unpaired) electrons. The van der Waals surface area contributed by atoms with Crippen LogP contribution in [0.5, 0.6) is 0 Å². The summed E-state index contributed by atoms with van der Waals surface area (Å²) in [4.78, 5) is 0. The highest BCUT2D eigenvalue weighted by molar-refractivity contribution is 6.31. The van der Waals surface area contributed by atoms with Crippen LogP contribution >= 0.6 is 11.6 Å². The van der Waals surface area contributed by atoms with E-state index in [9.17, 15) is 4.39 Å². The first-order chi connectivity index (χ1) is 9.20. The molecule has 0 aromatic heterocycles. The summed E-state index contributed by atoms with van der Waals surface area (Å²) < 4.78 is 19.0. The molecule has 19 heavy (non-hydrogen) atoms. The Hall–Kier alpha value is -0.680. The molecule has 2 atom stereocenters. The van der Waals surface area contributed by atoms with Gasteiger partial charge in [-0.3, -0.25) is 11.3 Å². The molecule has 0 spiro atoms. The molecule has 1 aliphatic heterocycles. The third-order valence-electron chi connectivity index (χ3n) is 3.59. The van der Waals surface area contributed by atoms with E-state index in [-0.39, 0.29) is 18.0 Å². The van der Waals surface area contributed by atoms with Crippen molar-refractivity contribution < 1.29 is 9.13 Å². The maximum absolute atomic E-state index is 13.3. The van der Waals surface area contributed by atoms with Crippen LogP contribution in [0, 0.1) is 5.82 Å². The molecule has 0 saturated carbocycles. The van der Waals surface area contributed by atoms with Gasteiger partial charge in [0.2, 0.25) is 0 Å². The van der Waals surface area contributed by atoms with E-state index < -0.39 is 0 Å². The second-order valence-electron chi connectivity index (χ2n) is 4.95. The monoisotopic (exact) mass is 286 g/mol. The minimum absolute atomic E-state index is 0.145. The Balaban J connectivity index is 1.97. The lowest BCUT2D eigenvalue weighted by molar-refractivity contribution is 0.00854. The summed E-state index contributed by atoms with van der Waals surface area (Å²) in [5, 5.41) is 0.536. The van der Waals surface area contributed by atoms with Gasteiger partial charge < -0.3 is 4.74 Å². The molecule has 0 amide bonds. The molecule has 1 saturated heterocycles. The van der Waals surface area contributed by atoms with Gasteiger partial charge in [-0.1, -0.05) is 11.6 Å². The van der Waals surface area contributed by atoms with Gasteiger partial charge in [0.1, 0.15) is 5.82 Å². The summed E-state index contributed by atoms with van der Waals surface area (Å²) in [5.41, 5.74) is 3.43. The van der Waals surface area contributed by atoms with Crippen LogP contribution in [0.3, 0.4) is 0 Å². The molecule has 0 aliphatic carbocycles. The van der Waals surface area contributed by atoms with Crippen LogP contribution in [0.15, 0.2) is 18.2 Å². The van der Waals surface area contributed by atoms with Crippen LogP contribution in [0.4, 0.5) is 4.39 Å². The predicted molar refractivity (Wildman–Crippen MR) is 74.3 cm³/mol. The standard InChI is InChI=1S/C14H20ClFN2O/c15-13-6-4-10(16)9-12(13)14(18-17)7-5-11-3-1-2-8-19-11/h4,6,9,11,14,18H,1-3,5,7-8,17H2. The van der Waals surface area contributed by atoms with Crippen molar-refractivity contribution in [3.05, 3.63) is 34.6 Å². The fourth-order valence-electron chi connectivity index (χ4n) is 2.50. The van der Waals surface area contributed by atoms with E-state index in [1.807, 2.05) is 0 Å². The first-order valence-corrected chi connectivity index (χ1v) is 7.11. The van der Waals surface area contributed by atoms with Gasteiger partial charge in [-0.25, -0.2) is 4.39 Å². The van der Waals surface area contributed by atoms with Crippen LogP contribution in [-0.4, -0.2) is 12.7 Å². The van der Waals surface area contributed by atoms with Crippen LogP contribution in [-0.2, 0) is 4.74 Å². The van der Waals surface area contributed by atoms with Crippen LogP contribution in [0.2, 0.25) is 5.02 Å². The minimum atomic E-state index is -0.298. The molecule has 1 fully saturated rings. The lowest BCUT2D eigenvalue weighted by atomic mass is 9.97. The largest absolute Gasteiger partial charge is 0.378 e. The zero-order chi connectivity index (χ0) is 13.7. The quantitative estimate of drug-likeness (QED) is 0.645. The molecule has 1 aromatic rings. The molecule has 3 N–H and O–H groups in total. The first kappa shape index (κ1) is 14.7. The lowest BCUT2D eigenvalue weighted by Gasteiger charge is -2.25. The van der Waals surface area contributed by atoms with Crippen molar-refractivity contribution >= 4 is 11.6 Å². The van der Waals surface area contributed by atoms with Crippen LogP contribution < -0.4 is 11.3 Å². The number of rotatable bonds is 5. The Kier molecular flexibility index (Phi) is 5.58. The molecule has 106 valence electrons. The van der Waals surface area contributed by atoms with Gasteiger partial charge in [0, 0.05) is 17.7 Å². The normalized spacial score (nSPS) is 21.3. The third-order valence-corrected chi connectivity index (χ3v) is 3.93. The Morgan fingerprint density at radius 2 is 2.32 bits per heavy atom. The lowest BCUT2D eigenvalue weighted by Crippen LogP contribution is -2.30. The molecule has 1 heterocycles. The summed E-state index contributed by atoms with van der Waals surface area (Å²) >= 11 is 6.10.